The monoisotopic (exact) mass is 258 g/mol. The van der Waals surface area contributed by atoms with Crippen LogP contribution in [-0.2, 0) is 9.59 Å². The van der Waals surface area contributed by atoms with E-state index in [1.165, 1.54) is 11.3 Å². The SMILES string of the molecule is CC(CC(N)=O)Nc1nc(C(N)C(=O)O)cs1. The van der Waals surface area contributed by atoms with E-state index in [2.05, 4.69) is 10.3 Å². The van der Waals surface area contributed by atoms with E-state index in [0.29, 0.717) is 5.13 Å². The van der Waals surface area contributed by atoms with Crippen LogP contribution in [0.15, 0.2) is 5.38 Å². The zero-order valence-corrected chi connectivity index (χ0v) is 10.0. The lowest BCUT2D eigenvalue weighted by Gasteiger charge is -2.10. The molecule has 1 amide bonds. The van der Waals surface area contributed by atoms with Gasteiger partial charge in [-0.05, 0) is 6.92 Å². The zero-order chi connectivity index (χ0) is 13.0. The van der Waals surface area contributed by atoms with Crippen molar-refractivity contribution in [3.05, 3.63) is 11.1 Å². The summed E-state index contributed by atoms with van der Waals surface area (Å²) in [4.78, 5) is 25.3. The number of hydrogen-bond acceptors (Lipinski definition) is 6. The number of rotatable bonds is 6. The van der Waals surface area contributed by atoms with E-state index in [9.17, 15) is 9.59 Å². The molecule has 8 heteroatoms. The highest BCUT2D eigenvalue weighted by Crippen LogP contribution is 2.20. The van der Waals surface area contributed by atoms with Gasteiger partial charge in [0, 0.05) is 17.8 Å². The Morgan fingerprint density at radius 2 is 2.29 bits per heavy atom. The van der Waals surface area contributed by atoms with Crippen LogP contribution in [-0.4, -0.2) is 28.0 Å². The highest BCUT2D eigenvalue weighted by molar-refractivity contribution is 7.13. The summed E-state index contributed by atoms with van der Waals surface area (Å²) in [6.45, 7) is 1.78. The molecular weight excluding hydrogens is 244 g/mol. The van der Waals surface area contributed by atoms with E-state index in [0.717, 1.165) is 0 Å². The van der Waals surface area contributed by atoms with Crippen LogP contribution >= 0.6 is 11.3 Å². The minimum atomic E-state index is -1.13. The van der Waals surface area contributed by atoms with Crippen molar-refractivity contribution in [3.8, 4) is 0 Å². The predicted molar refractivity (Wildman–Crippen MR) is 63.6 cm³/mol. The lowest BCUT2D eigenvalue weighted by molar-refractivity contribution is -0.138. The maximum Gasteiger partial charge on any atom is 0.326 e. The summed E-state index contributed by atoms with van der Waals surface area (Å²) >= 11 is 1.23. The van der Waals surface area contributed by atoms with Crippen molar-refractivity contribution >= 4 is 28.3 Å². The molecule has 94 valence electrons. The van der Waals surface area contributed by atoms with Gasteiger partial charge in [-0.25, -0.2) is 4.98 Å². The average molecular weight is 258 g/mol. The van der Waals surface area contributed by atoms with Crippen LogP contribution in [0.25, 0.3) is 0 Å². The van der Waals surface area contributed by atoms with Gasteiger partial charge in [-0.15, -0.1) is 11.3 Å². The van der Waals surface area contributed by atoms with Gasteiger partial charge in [0.2, 0.25) is 5.91 Å². The average Bonchev–Trinajstić information content (AvgIpc) is 2.63. The first kappa shape index (κ1) is 13.4. The number of nitrogens with zero attached hydrogens (tertiary/aromatic N) is 1. The molecule has 0 spiro atoms. The lowest BCUT2D eigenvalue weighted by Crippen LogP contribution is -2.24. The number of aliphatic carboxylic acids is 1. The first-order valence-corrected chi connectivity index (χ1v) is 5.76. The molecule has 2 atom stereocenters. The molecule has 6 N–H and O–H groups in total. The molecule has 1 heterocycles. The van der Waals surface area contributed by atoms with Crippen LogP contribution in [0.1, 0.15) is 25.1 Å². The highest BCUT2D eigenvalue weighted by Gasteiger charge is 2.18. The van der Waals surface area contributed by atoms with Gasteiger partial charge in [0.05, 0.1) is 5.69 Å². The number of hydrogen-bond donors (Lipinski definition) is 4. The Morgan fingerprint density at radius 1 is 1.65 bits per heavy atom. The number of nitrogens with one attached hydrogen (secondary N) is 1. The first-order chi connectivity index (χ1) is 7.90. The van der Waals surface area contributed by atoms with Crippen LogP contribution in [0.5, 0.6) is 0 Å². The normalized spacial score (nSPS) is 14.0. The first-order valence-electron chi connectivity index (χ1n) is 4.88. The van der Waals surface area contributed by atoms with E-state index in [1.54, 1.807) is 12.3 Å². The van der Waals surface area contributed by atoms with Crippen molar-refractivity contribution in [3.63, 3.8) is 0 Å². The summed E-state index contributed by atoms with van der Waals surface area (Å²) in [5.74, 6) is -1.55. The van der Waals surface area contributed by atoms with E-state index < -0.39 is 17.9 Å². The molecule has 0 aromatic carbocycles. The minimum absolute atomic E-state index is 0.160. The van der Waals surface area contributed by atoms with Gasteiger partial charge in [0.25, 0.3) is 0 Å². The summed E-state index contributed by atoms with van der Waals surface area (Å²) in [7, 11) is 0. The van der Waals surface area contributed by atoms with Crippen molar-refractivity contribution in [1.29, 1.82) is 0 Å². The molecule has 2 unspecified atom stereocenters. The topological polar surface area (TPSA) is 131 Å². The van der Waals surface area contributed by atoms with Gasteiger partial charge in [0.1, 0.15) is 6.04 Å². The van der Waals surface area contributed by atoms with Gasteiger partial charge in [-0.2, -0.15) is 0 Å². The Kier molecular flexibility index (Phi) is 4.41. The van der Waals surface area contributed by atoms with Crippen LogP contribution in [0, 0.1) is 0 Å². The summed E-state index contributed by atoms with van der Waals surface area (Å²) in [6, 6.07) is -1.29. The molecule has 17 heavy (non-hydrogen) atoms. The molecule has 0 aliphatic carbocycles. The number of carbonyl (C=O) groups is 2. The maximum atomic E-state index is 10.7. The van der Waals surface area contributed by atoms with Crippen molar-refractivity contribution < 1.29 is 14.7 Å². The van der Waals surface area contributed by atoms with Crippen molar-refractivity contribution in [2.24, 2.45) is 11.5 Å². The van der Waals surface area contributed by atoms with Gasteiger partial charge in [0.15, 0.2) is 5.13 Å². The number of nitrogens with two attached hydrogens (primary N) is 2. The number of thiazole rings is 1. The van der Waals surface area contributed by atoms with Gasteiger partial charge < -0.3 is 21.9 Å². The molecule has 0 aliphatic rings. The molecule has 0 bridgehead atoms. The van der Waals surface area contributed by atoms with Gasteiger partial charge in [-0.3, -0.25) is 9.59 Å². The molecule has 1 aromatic rings. The van der Waals surface area contributed by atoms with Crippen LogP contribution in [0.4, 0.5) is 5.13 Å². The molecule has 0 radical (unpaired) electrons. The molecular formula is C9H14N4O3S. The number of anilines is 1. The number of carbonyl (C=O) groups excluding carboxylic acids is 1. The Morgan fingerprint density at radius 3 is 2.82 bits per heavy atom. The predicted octanol–water partition coefficient (Wildman–Crippen LogP) is -0.0967. The van der Waals surface area contributed by atoms with Crippen molar-refractivity contribution in [2.45, 2.75) is 25.4 Å². The number of primary amides is 1. The molecule has 0 aliphatic heterocycles. The minimum Gasteiger partial charge on any atom is -0.480 e. The standard InChI is InChI=1S/C9H14N4O3S/c1-4(2-6(10)14)12-9-13-5(3-17-9)7(11)8(15)16/h3-4,7H,2,11H2,1H3,(H2,10,14)(H,12,13)(H,15,16). The number of carboxylic acids is 1. The quantitative estimate of drug-likeness (QED) is 0.563. The second-order valence-electron chi connectivity index (χ2n) is 3.61. The second kappa shape index (κ2) is 5.60. The summed E-state index contributed by atoms with van der Waals surface area (Å²) in [6.07, 6.45) is 0.180. The largest absolute Gasteiger partial charge is 0.480 e. The molecule has 1 rings (SSSR count). The molecule has 0 saturated carbocycles. The van der Waals surface area contributed by atoms with Crippen molar-refractivity contribution in [2.75, 3.05) is 5.32 Å². The Labute approximate surface area is 102 Å². The summed E-state index contributed by atoms with van der Waals surface area (Å²) in [5, 5.41) is 13.7. The van der Waals surface area contributed by atoms with Crippen molar-refractivity contribution in [1.82, 2.24) is 4.98 Å². The highest BCUT2D eigenvalue weighted by atomic mass is 32.1. The fourth-order valence-electron chi connectivity index (χ4n) is 1.19. The number of aromatic nitrogens is 1. The Hall–Kier alpha value is -1.67. The van der Waals surface area contributed by atoms with E-state index in [4.69, 9.17) is 16.6 Å². The molecule has 0 fully saturated rings. The molecule has 0 saturated heterocycles. The Balaban J connectivity index is 2.62. The summed E-state index contributed by atoms with van der Waals surface area (Å²) < 4.78 is 0. The maximum absolute atomic E-state index is 10.7. The lowest BCUT2D eigenvalue weighted by atomic mass is 10.2. The summed E-state index contributed by atoms with van der Waals surface area (Å²) in [5.41, 5.74) is 10.7. The van der Waals surface area contributed by atoms with Crippen LogP contribution < -0.4 is 16.8 Å². The molecule has 7 nitrogen and oxygen atoms in total. The van der Waals surface area contributed by atoms with Gasteiger partial charge >= 0.3 is 5.97 Å². The Bertz CT molecular complexity index is 420. The third kappa shape index (κ3) is 4.00. The zero-order valence-electron chi connectivity index (χ0n) is 9.21. The number of carboxylic acid groups (broad SMARTS) is 1. The van der Waals surface area contributed by atoms with E-state index in [1.807, 2.05) is 0 Å². The van der Waals surface area contributed by atoms with E-state index in [-0.39, 0.29) is 18.2 Å². The van der Waals surface area contributed by atoms with Crippen LogP contribution in [0.2, 0.25) is 0 Å². The van der Waals surface area contributed by atoms with Gasteiger partial charge in [-0.1, -0.05) is 0 Å². The smallest absolute Gasteiger partial charge is 0.326 e. The number of amides is 1. The third-order valence-electron chi connectivity index (χ3n) is 1.98. The second-order valence-corrected chi connectivity index (χ2v) is 4.47. The van der Waals surface area contributed by atoms with E-state index >= 15 is 0 Å². The fraction of sp³-hybridized carbons (Fsp3) is 0.444. The fourth-order valence-corrected chi connectivity index (χ4v) is 2.04. The third-order valence-corrected chi connectivity index (χ3v) is 2.78. The van der Waals surface area contributed by atoms with Crippen LogP contribution in [0.3, 0.4) is 0 Å². The molecule has 1 aromatic heterocycles.